The first-order valence-corrected chi connectivity index (χ1v) is 10.0. The number of carboxylic acids is 1. The van der Waals surface area contributed by atoms with E-state index in [2.05, 4.69) is 5.10 Å². The lowest BCUT2D eigenvalue weighted by atomic mass is 10.1. The van der Waals surface area contributed by atoms with Crippen LogP contribution in [0.3, 0.4) is 0 Å². The molecule has 1 N–H and O–H groups in total. The van der Waals surface area contributed by atoms with Crippen molar-refractivity contribution in [2.75, 3.05) is 0 Å². The predicted molar refractivity (Wildman–Crippen MR) is 121 cm³/mol. The van der Waals surface area contributed by atoms with Gasteiger partial charge in [0.15, 0.2) is 5.69 Å². The van der Waals surface area contributed by atoms with Crippen molar-refractivity contribution >= 4 is 16.7 Å². The van der Waals surface area contributed by atoms with Gasteiger partial charge in [-0.3, -0.25) is 4.79 Å². The van der Waals surface area contributed by atoms with Crippen molar-refractivity contribution in [3.63, 3.8) is 0 Å². The highest BCUT2D eigenvalue weighted by molar-refractivity contribution is 6.01. The SMILES string of the molecule is O=C(O)c1nn(Cc2cn(-c3ccccc3)nc2-c2ccccc2)c(=O)c2ccccc12. The van der Waals surface area contributed by atoms with Gasteiger partial charge in [0.1, 0.15) is 0 Å². The maximum atomic E-state index is 13.1. The van der Waals surface area contributed by atoms with Crippen LogP contribution in [-0.4, -0.2) is 30.6 Å². The van der Waals surface area contributed by atoms with Crippen LogP contribution in [0.25, 0.3) is 27.7 Å². The molecule has 0 saturated carbocycles. The molecule has 0 saturated heterocycles. The predicted octanol–water partition coefficient (Wildman–Crippen LogP) is 4.00. The minimum atomic E-state index is -1.18. The third-order valence-corrected chi connectivity index (χ3v) is 5.25. The van der Waals surface area contributed by atoms with Crippen molar-refractivity contribution in [1.29, 1.82) is 0 Å². The highest BCUT2D eigenvalue weighted by Crippen LogP contribution is 2.24. The molecule has 2 heterocycles. The number of para-hydroxylation sites is 1. The second-order valence-electron chi connectivity index (χ2n) is 7.31. The third kappa shape index (κ3) is 3.45. The normalized spacial score (nSPS) is 11.0. The van der Waals surface area contributed by atoms with Crippen LogP contribution in [0.2, 0.25) is 0 Å². The van der Waals surface area contributed by atoms with Gasteiger partial charge in [0, 0.05) is 22.7 Å². The van der Waals surface area contributed by atoms with Gasteiger partial charge in [-0.2, -0.15) is 10.2 Å². The summed E-state index contributed by atoms with van der Waals surface area (Å²) in [6.07, 6.45) is 1.85. The van der Waals surface area contributed by atoms with E-state index in [-0.39, 0.29) is 17.8 Å². The summed E-state index contributed by atoms with van der Waals surface area (Å²) in [4.78, 5) is 24.9. The van der Waals surface area contributed by atoms with Crippen molar-refractivity contribution in [1.82, 2.24) is 19.6 Å². The molecule has 0 radical (unpaired) electrons. The minimum Gasteiger partial charge on any atom is -0.476 e. The Balaban J connectivity index is 1.68. The van der Waals surface area contributed by atoms with Crippen LogP contribution in [0, 0.1) is 0 Å². The smallest absolute Gasteiger partial charge is 0.357 e. The van der Waals surface area contributed by atoms with Gasteiger partial charge < -0.3 is 5.11 Å². The van der Waals surface area contributed by atoms with Crippen molar-refractivity contribution in [3.8, 4) is 16.9 Å². The van der Waals surface area contributed by atoms with Crippen LogP contribution in [0.15, 0.2) is 95.9 Å². The highest BCUT2D eigenvalue weighted by Gasteiger charge is 2.18. The Morgan fingerprint density at radius 1 is 0.812 bits per heavy atom. The Morgan fingerprint density at radius 3 is 2.12 bits per heavy atom. The zero-order chi connectivity index (χ0) is 22.1. The van der Waals surface area contributed by atoms with Gasteiger partial charge >= 0.3 is 5.97 Å². The molecule has 7 heteroatoms. The number of benzene rings is 3. The molecule has 0 unspecified atom stereocenters. The fraction of sp³-hybridized carbons (Fsp3) is 0.0400. The monoisotopic (exact) mass is 422 g/mol. The highest BCUT2D eigenvalue weighted by atomic mass is 16.4. The summed E-state index contributed by atoms with van der Waals surface area (Å²) in [6, 6.07) is 25.9. The van der Waals surface area contributed by atoms with Gasteiger partial charge in [-0.15, -0.1) is 0 Å². The van der Waals surface area contributed by atoms with Gasteiger partial charge in [0.05, 0.1) is 23.3 Å². The number of carbonyl (C=O) groups is 1. The van der Waals surface area contributed by atoms with E-state index in [1.54, 1.807) is 28.9 Å². The summed E-state index contributed by atoms with van der Waals surface area (Å²) in [7, 11) is 0. The fourth-order valence-electron chi connectivity index (χ4n) is 3.74. The van der Waals surface area contributed by atoms with Crippen molar-refractivity contribution < 1.29 is 9.90 Å². The lowest BCUT2D eigenvalue weighted by molar-refractivity contribution is 0.0690. The largest absolute Gasteiger partial charge is 0.476 e. The second-order valence-corrected chi connectivity index (χ2v) is 7.31. The lowest BCUT2D eigenvalue weighted by Gasteiger charge is -2.09. The van der Waals surface area contributed by atoms with E-state index in [1.165, 1.54) is 4.68 Å². The first-order valence-electron chi connectivity index (χ1n) is 10.0. The quantitative estimate of drug-likeness (QED) is 0.462. The maximum Gasteiger partial charge on any atom is 0.357 e. The summed E-state index contributed by atoms with van der Waals surface area (Å²) in [5, 5.41) is 19.2. The number of hydrogen-bond acceptors (Lipinski definition) is 4. The average molecular weight is 422 g/mol. The topological polar surface area (TPSA) is 90.0 Å². The van der Waals surface area contributed by atoms with Crippen LogP contribution in [0.1, 0.15) is 16.1 Å². The van der Waals surface area contributed by atoms with E-state index in [4.69, 9.17) is 5.10 Å². The van der Waals surface area contributed by atoms with Crippen LogP contribution >= 0.6 is 0 Å². The summed E-state index contributed by atoms with van der Waals surface area (Å²) in [5.41, 5.74) is 2.72. The molecule has 156 valence electrons. The lowest BCUT2D eigenvalue weighted by Crippen LogP contribution is -2.26. The molecule has 7 nitrogen and oxygen atoms in total. The number of hydrogen-bond donors (Lipinski definition) is 1. The number of rotatable bonds is 5. The van der Waals surface area contributed by atoms with E-state index in [0.717, 1.165) is 16.8 Å². The standard InChI is InChI=1S/C25H18N4O3/c30-24-21-14-8-7-13-20(21)23(25(31)32)27-29(24)16-18-15-28(19-11-5-2-6-12-19)26-22(18)17-9-3-1-4-10-17/h1-15H,16H2,(H,31,32). The van der Waals surface area contributed by atoms with Crippen molar-refractivity contribution in [3.05, 3.63) is 113 Å². The molecule has 0 amide bonds. The van der Waals surface area contributed by atoms with E-state index >= 15 is 0 Å². The molecular weight excluding hydrogens is 404 g/mol. The Kier molecular flexibility index (Phi) is 4.84. The Labute approximate surface area is 182 Å². The summed E-state index contributed by atoms with van der Waals surface area (Å²) in [5.74, 6) is -1.18. The van der Waals surface area contributed by atoms with Gasteiger partial charge in [-0.25, -0.2) is 14.2 Å². The molecule has 5 rings (SSSR count). The fourth-order valence-corrected chi connectivity index (χ4v) is 3.74. The van der Waals surface area contributed by atoms with Crippen molar-refractivity contribution in [2.24, 2.45) is 0 Å². The molecular formula is C25H18N4O3. The molecule has 0 aliphatic heterocycles. The zero-order valence-electron chi connectivity index (χ0n) is 16.9. The number of aromatic nitrogens is 4. The molecule has 2 aromatic heterocycles. The molecule has 0 aliphatic carbocycles. The molecule has 0 spiro atoms. The second kappa shape index (κ2) is 7.96. The molecule has 0 aliphatic rings. The Morgan fingerprint density at radius 2 is 1.44 bits per heavy atom. The first-order chi connectivity index (χ1) is 15.6. The summed E-state index contributed by atoms with van der Waals surface area (Å²) >= 11 is 0. The first kappa shape index (κ1) is 19.4. The van der Waals surface area contributed by atoms with Crippen LogP contribution in [0.5, 0.6) is 0 Å². The summed E-state index contributed by atoms with van der Waals surface area (Å²) in [6.45, 7) is 0.0843. The molecule has 3 aromatic carbocycles. The zero-order valence-corrected chi connectivity index (χ0v) is 16.9. The van der Waals surface area contributed by atoms with Crippen molar-refractivity contribution in [2.45, 2.75) is 6.54 Å². The average Bonchev–Trinajstić information content (AvgIpc) is 3.26. The van der Waals surface area contributed by atoms with Gasteiger partial charge in [-0.1, -0.05) is 66.7 Å². The van der Waals surface area contributed by atoms with Gasteiger partial charge in [0.2, 0.25) is 0 Å². The van der Waals surface area contributed by atoms with Crippen LogP contribution < -0.4 is 5.56 Å². The van der Waals surface area contributed by atoms with E-state index in [1.807, 2.05) is 66.9 Å². The van der Waals surface area contributed by atoms with Gasteiger partial charge in [0.25, 0.3) is 5.56 Å². The number of aromatic carboxylic acids is 1. The third-order valence-electron chi connectivity index (χ3n) is 5.25. The summed E-state index contributed by atoms with van der Waals surface area (Å²) < 4.78 is 2.95. The van der Waals surface area contributed by atoms with Crippen LogP contribution in [-0.2, 0) is 6.54 Å². The molecule has 0 atom stereocenters. The van der Waals surface area contributed by atoms with Crippen LogP contribution in [0.4, 0.5) is 0 Å². The number of carboxylic acid groups (broad SMARTS) is 1. The Hall–Kier alpha value is -4.52. The number of nitrogens with zero attached hydrogens (tertiary/aromatic N) is 4. The Bertz CT molecular complexity index is 1490. The molecule has 0 bridgehead atoms. The van der Waals surface area contributed by atoms with E-state index in [0.29, 0.717) is 16.5 Å². The molecule has 5 aromatic rings. The van der Waals surface area contributed by atoms with E-state index < -0.39 is 5.97 Å². The molecule has 0 fully saturated rings. The van der Waals surface area contributed by atoms with Gasteiger partial charge in [-0.05, 0) is 18.2 Å². The minimum absolute atomic E-state index is 0.0843. The maximum absolute atomic E-state index is 13.1. The number of fused-ring (bicyclic) bond motifs is 1. The molecule has 32 heavy (non-hydrogen) atoms. The van der Waals surface area contributed by atoms with E-state index in [9.17, 15) is 14.7 Å².